The number of amides is 1. The topological polar surface area (TPSA) is 138 Å². The van der Waals surface area contributed by atoms with Crippen LogP contribution in [0.25, 0.3) is 6.08 Å². The van der Waals surface area contributed by atoms with E-state index in [9.17, 15) is 25.4 Å². The Kier molecular flexibility index (Phi) is 7.56. The molecule has 0 bridgehead atoms. The standard InChI is InChI=1S/C25H18N4O5/c1-33-24-12-17(9-10-23(24)34-16-19-6-3-2-5-18(19)14-26)11-20(15-27)25(30)28-21-7-4-8-22(13-21)29(31)32/h2-13H,16H2,1H3,(H,28,30)/b20-11+. The summed E-state index contributed by atoms with van der Waals surface area (Å²) in [6.45, 7) is 0.157. The maximum absolute atomic E-state index is 12.5. The first-order valence-corrected chi connectivity index (χ1v) is 9.91. The van der Waals surface area contributed by atoms with Gasteiger partial charge in [0.25, 0.3) is 11.6 Å². The van der Waals surface area contributed by atoms with E-state index in [2.05, 4.69) is 11.4 Å². The fourth-order valence-corrected chi connectivity index (χ4v) is 3.01. The summed E-state index contributed by atoms with van der Waals surface area (Å²) in [6, 6.07) is 21.3. The molecule has 168 valence electrons. The molecule has 0 atom stereocenters. The van der Waals surface area contributed by atoms with Gasteiger partial charge in [0.2, 0.25) is 0 Å². The van der Waals surface area contributed by atoms with Crippen LogP contribution < -0.4 is 14.8 Å². The highest BCUT2D eigenvalue weighted by atomic mass is 16.6. The molecular formula is C25H18N4O5. The SMILES string of the molecule is COc1cc(/C=C(\C#N)C(=O)Nc2cccc([N+](=O)[O-])c2)ccc1OCc1ccccc1C#N. The largest absolute Gasteiger partial charge is 0.493 e. The number of nitriles is 2. The first kappa shape index (κ1) is 23.5. The van der Waals surface area contributed by atoms with Gasteiger partial charge < -0.3 is 14.8 Å². The number of hydrogen-bond acceptors (Lipinski definition) is 7. The third kappa shape index (κ3) is 5.75. The molecule has 0 spiro atoms. The van der Waals surface area contributed by atoms with Crippen LogP contribution in [0, 0.1) is 32.8 Å². The Bertz CT molecular complexity index is 1350. The van der Waals surface area contributed by atoms with Gasteiger partial charge in [-0.1, -0.05) is 30.3 Å². The van der Waals surface area contributed by atoms with Crippen LogP contribution in [0.2, 0.25) is 0 Å². The van der Waals surface area contributed by atoms with Gasteiger partial charge >= 0.3 is 0 Å². The molecular weight excluding hydrogens is 436 g/mol. The lowest BCUT2D eigenvalue weighted by atomic mass is 10.1. The van der Waals surface area contributed by atoms with Gasteiger partial charge in [0.15, 0.2) is 11.5 Å². The number of nitrogens with zero attached hydrogens (tertiary/aromatic N) is 3. The summed E-state index contributed by atoms with van der Waals surface area (Å²) in [5.41, 5.74) is 1.55. The zero-order chi connectivity index (χ0) is 24.5. The van der Waals surface area contributed by atoms with Crippen molar-refractivity contribution >= 4 is 23.4 Å². The fourth-order valence-electron chi connectivity index (χ4n) is 3.01. The Morgan fingerprint density at radius 1 is 1.09 bits per heavy atom. The van der Waals surface area contributed by atoms with E-state index in [4.69, 9.17) is 9.47 Å². The van der Waals surface area contributed by atoms with Crippen LogP contribution in [0.1, 0.15) is 16.7 Å². The number of nitrogens with one attached hydrogen (secondary N) is 1. The highest BCUT2D eigenvalue weighted by Gasteiger charge is 2.13. The summed E-state index contributed by atoms with van der Waals surface area (Å²) in [5.74, 6) is 0.0851. The minimum absolute atomic E-state index is 0.157. The summed E-state index contributed by atoms with van der Waals surface area (Å²) in [6.07, 6.45) is 1.37. The molecule has 3 aromatic carbocycles. The Balaban J connectivity index is 1.78. The van der Waals surface area contributed by atoms with Crippen molar-refractivity contribution in [2.45, 2.75) is 6.61 Å². The van der Waals surface area contributed by atoms with Gasteiger partial charge in [-0.3, -0.25) is 14.9 Å². The van der Waals surface area contributed by atoms with Crippen molar-refractivity contribution < 1.29 is 19.2 Å². The van der Waals surface area contributed by atoms with Gasteiger partial charge in [0.05, 0.1) is 23.7 Å². The molecule has 9 nitrogen and oxygen atoms in total. The highest BCUT2D eigenvalue weighted by Crippen LogP contribution is 2.30. The predicted octanol–water partition coefficient (Wildman–Crippen LogP) is 4.60. The van der Waals surface area contributed by atoms with Crippen LogP contribution in [0.15, 0.2) is 72.3 Å². The van der Waals surface area contributed by atoms with Crippen LogP contribution in [0.5, 0.6) is 11.5 Å². The maximum atomic E-state index is 12.5. The first-order chi connectivity index (χ1) is 16.4. The lowest BCUT2D eigenvalue weighted by molar-refractivity contribution is -0.384. The molecule has 9 heteroatoms. The van der Waals surface area contributed by atoms with Gasteiger partial charge in [-0.15, -0.1) is 0 Å². The molecule has 1 amide bonds. The average molecular weight is 454 g/mol. The second-order valence-corrected chi connectivity index (χ2v) is 6.90. The number of methoxy groups -OCH3 is 1. The third-order valence-corrected chi connectivity index (χ3v) is 4.70. The van der Waals surface area contributed by atoms with Crippen LogP contribution in [-0.2, 0) is 11.4 Å². The fraction of sp³-hybridized carbons (Fsp3) is 0.0800. The summed E-state index contributed by atoms with van der Waals surface area (Å²) in [5, 5.41) is 32.1. The van der Waals surface area contributed by atoms with Crippen molar-refractivity contribution in [1.29, 1.82) is 10.5 Å². The first-order valence-electron chi connectivity index (χ1n) is 9.91. The summed E-state index contributed by atoms with van der Waals surface area (Å²) in [4.78, 5) is 22.8. The summed E-state index contributed by atoms with van der Waals surface area (Å²) >= 11 is 0. The van der Waals surface area contributed by atoms with Crippen molar-refractivity contribution in [2.75, 3.05) is 12.4 Å². The molecule has 0 aromatic heterocycles. The van der Waals surface area contributed by atoms with E-state index < -0.39 is 10.8 Å². The zero-order valence-corrected chi connectivity index (χ0v) is 18.0. The van der Waals surface area contributed by atoms with Gasteiger partial charge in [-0.25, -0.2) is 0 Å². The molecule has 0 aliphatic rings. The number of anilines is 1. The zero-order valence-electron chi connectivity index (χ0n) is 18.0. The van der Waals surface area contributed by atoms with Gasteiger partial charge in [-0.05, 0) is 35.9 Å². The third-order valence-electron chi connectivity index (χ3n) is 4.70. The Hall–Kier alpha value is -5.15. The average Bonchev–Trinajstić information content (AvgIpc) is 2.86. The van der Waals surface area contributed by atoms with E-state index in [0.717, 1.165) is 5.56 Å². The number of carbonyl (C=O) groups excluding carboxylic acids is 1. The van der Waals surface area contributed by atoms with Crippen molar-refractivity contribution in [3.8, 4) is 23.6 Å². The molecule has 0 saturated heterocycles. The highest BCUT2D eigenvalue weighted by molar-refractivity contribution is 6.09. The smallest absolute Gasteiger partial charge is 0.271 e. The van der Waals surface area contributed by atoms with Gasteiger partial charge in [-0.2, -0.15) is 10.5 Å². The molecule has 3 aromatic rings. The number of nitro benzene ring substituents is 1. The summed E-state index contributed by atoms with van der Waals surface area (Å²) < 4.78 is 11.2. The molecule has 0 saturated carbocycles. The predicted molar refractivity (Wildman–Crippen MR) is 124 cm³/mol. The maximum Gasteiger partial charge on any atom is 0.271 e. The lowest BCUT2D eigenvalue weighted by Gasteiger charge is -2.12. The van der Waals surface area contributed by atoms with Crippen molar-refractivity contribution in [2.24, 2.45) is 0 Å². The lowest BCUT2D eigenvalue weighted by Crippen LogP contribution is -2.13. The monoisotopic (exact) mass is 454 g/mol. The van der Waals surface area contributed by atoms with Gasteiger partial charge in [0, 0.05) is 23.4 Å². The number of non-ortho nitro benzene ring substituents is 1. The number of benzene rings is 3. The quantitative estimate of drug-likeness (QED) is 0.227. The number of rotatable bonds is 8. The van der Waals surface area contributed by atoms with E-state index in [-0.39, 0.29) is 23.6 Å². The van der Waals surface area contributed by atoms with Crippen LogP contribution in [-0.4, -0.2) is 17.9 Å². The van der Waals surface area contributed by atoms with E-state index in [1.165, 1.54) is 37.5 Å². The summed E-state index contributed by atoms with van der Waals surface area (Å²) in [7, 11) is 1.46. The molecule has 0 fully saturated rings. The Morgan fingerprint density at radius 3 is 2.59 bits per heavy atom. The minimum atomic E-state index is -0.713. The van der Waals surface area contributed by atoms with E-state index in [0.29, 0.717) is 22.6 Å². The van der Waals surface area contributed by atoms with Crippen molar-refractivity contribution in [3.63, 3.8) is 0 Å². The van der Waals surface area contributed by atoms with E-state index in [1.807, 2.05) is 12.1 Å². The molecule has 1 N–H and O–H groups in total. The molecule has 0 aliphatic carbocycles. The molecule has 0 unspecified atom stereocenters. The van der Waals surface area contributed by atoms with E-state index in [1.54, 1.807) is 36.4 Å². The molecule has 0 radical (unpaired) electrons. The molecule has 0 aliphatic heterocycles. The number of carbonyl (C=O) groups is 1. The second kappa shape index (κ2) is 10.9. The van der Waals surface area contributed by atoms with Crippen LogP contribution in [0.3, 0.4) is 0 Å². The number of hydrogen-bond donors (Lipinski definition) is 1. The number of ether oxygens (including phenoxy) is 2. The van der Waals surface area contributed by atoms with Crippen LogP contribution in [0.4, 0.5) is 11.4 Å². The second-order valence-electron chi connectivity index (χ2n) is 6.90. The molecule has 0 heterocycles. The Morgan fingerprint density at radius 2 is 1.88 bits per heavy atom. The van der Waals surface area contributed by atoms with Crippen molar-refractivity contribution in [3.05, 3.63) is 99.1 Å². The normalized spacial score (nSPS) is 10.5. The molecule has 34 heavy (non-hydrogen) atoms. The number of nitro groups is 1. The van der Waals surface area contributed by atoms with E-state index >= 15 is 0 Å². The minimum Gasteiger partial charge on any atom is -0.493 e. The Labute approximate surface area is 195 Å². The van der Waals surface area contributed by atoms with Crippen LogP contribution >= 0.6 is 0 Å². The van der Waals surface area contributed by atoms with Gasteiger partial charge in [0.1, 0.15) is 18.2 Å². The van der Waals surface area contributed by atoms with Crippen molar-refractivity contribution in [1.82, 2.24) is 0 Å². The molecule has 3 rings (SSSR count).